The lowest BCUT2D eigenvalue weighted by Crippen LogP contribution is -2.16. The van der Waals surface area contributed by atoms with Crippen LogP contribution in [0.4, 0.5) is 5.00 Å². The summed E-state index contributed by atoms with van der Waals surface area (Å²) in [4.78, 5) is 0. The van der Waals surface area contributed by atoms with E-state index in [2.05, 4.69) is 29.6 Å². The smallest absolute Gasteiger partial charge is 0.162 e. The first-order valence-corrected chi connectivity index (χ1v) is 5.69. The van der Waals surface area contributed by atoms with Gasteiger partial charge in [0, 0.05) is 6.04 Å². The Hall–Kier alpha value is -0.790. The van der Waals surface area contributed by atoms with Gasteiger partial charge in [0.2, 0.25) is 0 Å². The molecule has 0 radical (unpaired) electrons. The number of hydrogen-bond donors (Lipinski definition) is 1. The van der Waals surface area contributed by atoms with Gasteiger partial charge in [-0.25, -0.2) is 0 Å². The molecular formula is C9H12ClN3S. The minimum atomic E-state index is 0.297. The van der Waals surface area contributed by atoms with Crippen molar-refractivity contribution in [1.29, 1.82) is 5.26 Å². The quantitative estimate of drug-likeness (QED) is 0.862. The summed E-state index contributed by atoms with van der Waals surface area (Å²) < 4.78 is 3.93. The van der Waals surface area contributed by atoms with E-state index >= 15 is 0 Å². The largest absolute Gasteiger partial charge is 0.372 e. The summed E-state index contributed by atoms with van der Waals surface area (Å²) in [5.41, 5.74) is 0.462. The number of halogens is 1. The number of nitriles is 1. The number of aromatic nitrogens is 1. The van der Waals surface area contributed by atoms with Crippen molar-refractivity contribution in [3.63, 3.8) is 0 Å². The lowest BCUT2D eigenvalue weighted by atomic mass is 10.2. The summed E-state index contributed by atoms with van der Waals surface area (Å²) >= 11 is 7.00. The predicted molar refractivity (Wildman–Crippen MR) is 59.8 cm³/mol. The third-order valence-corrected chi connectivity index (χ3v) is 3.24. The van der Waals surface area contributed by atoms with Crippen LogP contribution in [0.1, 0.15) is 32.3 Å². The van der Waals surface area contributed by atoms with E-state index in [9.17, 15) is 0 Å². The minimum absolute atomic E-state index is 0.297. The first-order chi connectivity index (χ1) is 6.72. The van der Waals surface area contributed by atoms with Gasteiger partial charge < -0.3 is 5.32 Å². The van der Waals surface area contributed by atoms with Crippen LogP contribution in [-0.4, -0.2) is 10.4 Å². The summed E-state index contributed by atoms with van der Waals surface area (Å²) in [6, 6.07) is 2.44. The number of anilines is 1. The standard InChI is InChI=1S/C9H12ClN3S/c1-3-6(4-2)12-9-7(5-11)8(10)13-14-9/h6,12H,3-4H2,1-2H3. The van der Waals surface area contributed by atoms with Crippen molar-refractivity contribution >= 4 is 28.1 Å². The van der Waals surface area contributed by atoms with Crippen LogP contribution in [0.2, 0.25) is 5.15 Å². The summed E-state index contributed by atoms with van der Waals surface area (Å²) in [5.74, 6) is 0. The highest BCUT2D eigenvalue weighted by molar-refractivity contribution is 7.10. The van der Waals surface area contributed by atoms with Crippen molar-refractivity contribution in [2.24, 2.45) is 0 Å². The van der Waals surface area contributed by atoms with Gasteiger partial charge >= 0.3 is 0 Å². The lowest BCUT2D eigenvalue weighted by molar-refractivity contribution is 0.673. The predicted octanol–water partition coefficient (Wildman–Crippen LogP) is 3.27. The molecule has 0 aliphatic heterocycles. The van der Waals surface area contributed by atoms with Gasteiger partial charge in [0.25, 0.3) is 0 Å². The molecule has 0 spiro atoms. The van der Waals surface area contributed by atoms with Gasteiger partial charge in [0.05, 0.1) is 0 Å². The molecule has 0 atom stereocenters. The maximum atomic E-state index is 8.84. The Balaban J connectivity index is 2.81. The Morgan fingerprint density at radius 1 is 1.57 bits per heavy atom. The molecule has 0 aliphatic carbocycles. The summed E-state index contributed by atoms with van der Waals surface area (Å²) in [6.07, 6.45) is 2.05. The molecule has 14 heavy (non-hydrogen) atoms. The average Bonchev–Trinajstić information content (AvgIpc) is 2.55. The Kier molecular flexibility index (Phi) is 4.18. The van der Waals surface area contributed by atoms with Crippen LogP contribution in [0.3, 0.4) is 0 Å². The zero-order valence-corrected chi connectivity index (χ0v) is 9.74. The summed E-state index contributed by atoms with van der Waals surface area (Å²) in [5, 5.41) is 13.2. The molecule has 1 rings (SSSR count). The van der Waals surface area contributed by atoms with E-state index in [1.54, 1.807) is 0 Å². The van der Waals surface area contributed by atoms with E-state index in [1.807, 2.05) is 0 Å². The maximum absolute atomic E-state index is 8.84. The molecule has 76 valence electrons. The van der Waals surface area contributed by atoms with Gasteiger partial charge in [-0.3, -0.25) is 0 Å². The second-order valence-corrected chi connectivity index (χ2v) is 4.08. The van der Waals surface area contributed by atoms with Crippen LogP contribution < -0.4 is 5.32 Å². The third-order valence-electron chi connectivity index (χ3n) is 2.08. The summed E-state index contributed by atoms with van der Waals surface area (Å²) in [6.45, 7) is 4.21. The zero-order valence-electron chi connectivity index (χ0n) is 8.17. The first-order valence-electron chi connectivity index (χ1n) is 4.54. The Morgan fingerprint density at radius 2 is 2.21 bits per heavy atom. The topological polar surface area (TPSA) is 48.7 Å². The molecule has 0 saturated carbocycles. The molecular weight excluding hydrogens is 218 g/mol. The minimum Gasteiger partial charge on any atom is -0.372 e. The van der Waals surface area contributed by atoms with Crippen LogP contribution in [0, 0.1) is 11.3 Å². The zero-order chi connectivity index (χ0) is 10.6. The highest BCUT2D eigenvalue weighted by Gasteiger charge is 2.13. The number of nitrogens with zero attached hydrogens (tertiary/aromatic N) is 2. The van der Waals surface area contributed by atoms with E-state index < -0.39 is 0 Å². The highest BCUT2D eigenvalue weighted by Crippen LogP contribution is 2.28. The Morgan fingerprint density at radius 3 is 2.71 bits per heavy atom. The molecule has 0 bridgehead atoms. The fourth-order valence-corrected chi connectivity index (χ4v) is 2.16. The first kappa shape index (κ1) is 11.3. The van der Waals surface area contributed by atoms with Gasteiger partial charge in [-0.2, -0.15) is 9.64 Å². The average molecular weight is 230 g/mol. The molecule has 1 aromatic heterocycles. The van der Waals surface area contributed by atoms with E-state index in [0.717, 1.165) is 17.8 Å². The lowest BCUT2D eigenvalue weighted by Gasteiger charge is -2.13. The molecule has 0 fully saturated rings. The van der Waals surface area contributed by atoms with Crippen LogP contribution in [-0.2, 0) is 0 Å². The van der Waals surface area contributed by atoms with Gasteiger partial charge in [-0.1, -0.05) is 25.4 Å². The van der Waals surface area contributed by atoms with Crippen molar-refractivity contribution < 1.29 is 0 Å². The van der Waals surface area contributed by atoms with Gasteiger partial charge in [-0.05, 0) is 24.4 Å². The molecule has 1 heterocycles. The van der Waals surface area contributed by atoms with Crippen LogP contribution in [0.5, 0.6) is 0 Å². The monoisotopic (exact) mass is 229 g/mol. The van der Waals surface area contributed by atoms with Crippen molar-refractivity contribution in [1.82, 2.24) is 4.37 Å². The molecule has 3 nitrogen and oxygen atoms in total. The van der Waals surface area contributed by atoms with E-state index in [4.69, 9.17) is 16.9 Å². The van der Waals surface area contributed by atoms with Crippen molar-refractivity contribution in [2.45, 2.75) is 32.7 Å². The summed E-state index contributed by atoms with van der Waals surface area (Å²) in [7, 11) is 0. The molecule has 0 saturated heterocycles. The second kappa shape index (κ2) is 5.18. The van der Waals surface area contributed by atoms with E-state index in [1.165, 1.54) is 11.5 Å². The van der Waals surface area contributed by atoms with Crippen LogP contribution in [0.15, 0.2) is 0 Å². The number of nitrogens with one attached hydrogen (secondary N) is 1. The Labute approximate surface area is 92.9 Å². The molecule has 1 aromatic rings. The molecule has 0 amide bonds. The fourth-order valence-electron chi connectivity index (χ4n) is 1.14. The Bertz CT molecular complexity index is 338. The van der Waals surface area contributed by atoms with Crippen molar-refractivity contribution in [3.8, 4) is 6.07 Å². The number of hydrogen-bond acceptors (Lipinski definition) is 4. The molecule has 0 aliphatic rings. The molecule has 5 heteroatoms. The van der Waals surface area contributed by atoms with Gasteiger partial charge in [-0.15, -0.1) is 0 Å². The van der Waals surface area contributed by atoms with Crippen LogP contribution in [0.25, 0.3) is 0 Å². The molecule has 0 aromatic carbocycles. The number of rotatable bonds is 4. The van der Waals surface area contributed by atoms with Gasteiger partial charge in [0.15, 0.2) is 5.15 Å². The highest BCUT2D eigenvalue weighted by atomic mass is 35.5. The van der Waals surface area contributed by atoms with E-state index in [0.29, 0.717) is 16.8 Å². The van der Waals surface area contributed by atoms with Crippen molar-refractivity contribution in [3.05, 3.63) is 10.7 Å². The fraction of sp³-hybridized carbons (Fsp3) is 0.556. The van der Waals surface area contributed by atoms with E-state index in [-0.39, 0.29) is 0 Å². The normalized spacial score (nSPS) is 10.2. The van der Waals surface area contributed by atoms with Crippen molar-refractivity contribution in [2.75, 3.05) is 5.32 Å². The second-order valence-electron chi connectivity index (χ2n) is 2.95. The SMILES string of the molecule is CCC(CC)Nc1snc(Cl)c1C#N. The third kappa shape index (κ3) is 2.37. The molecule has 0 unspecified atom stereocenters. The van der Waals surface area contributed by atoms with Gasteiger partial charge in [0.1, 0.15) is 16.6 Å². The maximum Gasteiger partial charge on any atom is 0.162 e. The molecule has 1 N–H and O–H groups in total. The van der Waals surface area contributed by atoms with Crippen LogP contribution >= 0.6 is 23.1 Å².